The van der Waals surface area contributed by atoms with Gasteiger partial charge in [-0.15, -0.1) is 0 Å². The molecule has 8 nitrogen and oxygen atoms in total. The summed E-state index contributed by atoms with van der Waals surface area (Å²) in [5, 5.41) is 10.2. The van der Waals surface area contributed by atoms with Crippen molar-refractivity contribution < 1.29 is 19.4 Å². The lowest BCUT2D eigenvalue weighted by molar-refractivity contribution is -0.133. The fourth-order valence-electron chi connectivity index (χ4n) is 3.16. The zero-order valence-corrected chi connectivity index (χ0v) is 16.4. The summed E-state index contributed by atoms with van der Waals surface area (Å²) >= 11 is 0.981. The Morgan fingerprint density at radius 3 is 2.66 bits per heavy atom. The van der Waals surface area contributed by atoms with Crippen LogP contribution in [0.5, 0.6) is 11.5 Å². The molecule has 0 amide bonds. The number of nitrogens with zero attached hydrogens (tertiary/aromatic N) is 2. The van der Waals surface area contributed by atoms with Crippen molar-refractivity contribution in [2.45, 2.75) is 5.16 Å². The standard InChI is InChI=1S/C20H17N3O5S/c1-27-14-8-7-11(9-15(14)28-2)23-19(26)18-17(22-20(23)29-10-16(24)25)12-5-3-4-6-13(12)21-18/h3-9,21H,10H2,1-2H3,(H,24,25). The lowest BCUT2D eigenvalue weighted by Crippen LogP contribution is -2.22. The zero-order valence-electron chi connectivity index (χ0n) is 15.6. The molecule has 2 heterocycles. The predicted molar refractivity (Wildman–Crippen MR) is 111 cm³/mol. The fraction of sp³-hybridized carbons (Fsp3) is 0.150. The first-order valence-corrected chi connectivity index (χ1v) is 9.62. The molecule has 0 spiro atoms. The normalized spacial score (nSPS) is 11.1. The van der Waals surface area contributed by atoms with Crippen LogP contribution >= 0.6 is 11.8 Å². The molecule has 0 saturated carbocycles. The smallest absolute Gasteiger partial charge is 0.313 e. The molecule has 0 fully saturated rings. The van der Waals surface area contributed by atoms with E-state index in [1.807, 2.05) is 24.3 Å². The Labute approximate surface area is 169 Å². The largest absolute Gasteiger partial charge is 0.493 e. The maximum Gasteiger partial charge on any atom is 0.313 e. The molecule has 2 aromatic heterocycles. The summed E-state index contributed by atoms with van der Waals surface area (Å²) in [6.45, 7) is 0. The van der Waals surface area contributed by atoms with E-state index < -0.39 is 5.97 Å². The Morgan fingerprint density at radius 1 is 1.17 bits per heavy atom. The SMILES string of the molecule is COc1ccc(-n2c(SCC(=O)O)nc3c([nH]c4ccccc43)c2=O)cc1OC. The van der Waals surface area contributed by atoms with Crippen LogP contribution in [0.1, 0.15) is 0 Å². The highest BCUT2D eigenvalue weighted by Crippen LogP contribution is 2.31. The molecule has 0 unspecified atom stereocenters. The van der Waals surface area contributed by atoms with Crippen molar-refractivity contribution >= 4 is 39.7 Å². The number of carboxylic acid groups (broad SMARTS) is 1. The quantitative estimate of drug-likeness (QED) is 0.371. The van der Waals surface area contributed by atoms with Crippen LogP contribution in [-0.4, -0.2) is 45.6 Å². The van der Waals surface area contributed by atoms with Gasteiger partial charge in [-0.05, 0) is 18.2 Å². The van der Waals surface area contributed by atoms with Crippen LogP contribution < -0.4 is 15.0 Å². The van der Waals surface area contributed by atoms with E-state index in [0.29, 0.717) is 28.2 Å². The van der Waals surface area contributed by atoms with Crippen molar-refractivity contribution in [2.24, 2.45) is 0 Å². The van der Waals surface area contributed by atoms with Gasteiger partial charge in [-0.2, -0.15) is 0 Å². The number of nitrogens with one attached hydrogen (secondary N) is 1. The van der Waals surface area contributed by atoms with Gasteiger partial charge in [0.25, 0.3) is 5.56 Å². The Kier molecular flexibility index (Phi) is 4.89. The molecule has 0 aliphatic carbocycles. The number of carboxylic acids is 1. The number of methoxy groups -OCH3 is 2. The number of benzene rings is 2. The van der Waals surface area contributed by atoms with Gasteiger partial charge in [0.1, 0.15) is 11.0 Å². The first-order valence-electron chi connectivity index (χ1n) is 8.64. The first kappa shape index (κ1) is 18.9. The lowest BCUT2D eigenvalue weighted by atomic mass is 10.2. The number of aromatic amines is 1. The highest BCUT2D eigenvalue weighted by Gasteiger charge is 2.19. The summed E-state index contributed by atoms with van der Waals surface area (Å²) in [6, 6.07) is 12.5. The lowest BCUT2D eigenvalue weighted by Gasteiger charge is -2.14. The minimum Gasteiger partial charge on any atom is -0.493 e. The average molecular weight is 411 g/mol. The molecular weight excluding hydrogens is 394 g/mol. The molecule has 0 aliphatic rings. The second-order valence-corrected chi connectivity index (χ2v) is 7.09. The number of aliphatic carboxylic acids is 1. The highest BCUT2D eigenvalue weighted by atomic mass is 32.2. The number of aromatic nitrogens is 3. The van der Waals surface area contributed by atoms with Crippen LogP contribution in [0.4, 0.5) is 0 Å². The number of H-pyrrole nitrogens is 1. The second kappa shape index (κ2) is 7.51. The molecule has 9 heteroatoms. The van der Waals surface area contributed by atoms with E-state index in [-0.39, 0.29) is 16.5 Å². The molecular formula is C20H17N3O5S. The minimum absolute atomic E-state index is 0.229. The van der Waals surface area contributed by atoms with E-state index in [1.54, 1.807) is 18.2 Å². The molecule has 2 aromatic carbocycles. The van der Waals surface area contributed by atoms with Gasteiger partial charge in [0, 0.05) is 17.0 Å². The monoisotopic (exact) mass is 411 g/mol. The number of ether oxygens (including phenoxy) is 2. The third kappa shape index (κ3) is 3.29. The number of thioether (sulfide) groups is 1. The van der Waals surface area contributed by atoms with Crippen molar-refractivity contribution in [2.75, 3.05) is 20.0 Å². The van der Waals surface area contributed by atoms with Gasteiger partial charge in [-0.3, -0.25) is 14.2 Å². The summed E-state index contributed by atoms with van der Waals surface area (Å²) in [5.74, 6) is -0.262. The third-order valence-corrected chi connectivity index (χ3v) is 5.37. The molecule has 2 N–H and O–H groups in total. The summed E-state index contributed by atoms with van der Waals surface area (Å²) in [5.41, 5.74) is 1.81. The van der Waals surface area contributed by atoms with Gasteiger partial charge >= 0.3 is 5.97 Å². The molecule has 148 valence electrons. The summed E-state index contributed by atoms with van der Waals surface area (Å²) in [7, 11) is 3.03. The molecule has 0 radical (unpaired) electrons. The molecule has 4 aromatic rings. The van der Waals surface area contributed by atoms with Gasteiger partial charge in [-0.25, -0.2) is 4.98 Å². The molecule has 0 atom stereocenters. The van der Waals surface area contributed by atoms with Gasteiger partial charge in [-0.1, -0.05) is 30.0 Å². The Hall–Kier alpha value is -3.46. The molecule has 0 aliphatic heterocycles. The van der Waals surface area contributed by atoms with E-state index in [2.05, 4.69) is 9.97 Å². The number of para-hydroxylation sites is 1. The summed E-state index contributed by atoms with van der Waals surface area (Å²) in [4.78, 5) is 32.3. The van der Waals surface area contributed by atoms with Gasteiger partial charge < -0.3 is 19.6 Å². The number of carbonyl (C=O) groups is 1. The summed E-state index contributed by atoms with van der Waals surface area (Å²) < 4.78 is 12.0. The fourth-order valence-corrected chi connectivity index (χ4v) is 3.88. The van der Waals surface area contributed by atoms with Crippen LogP contribution in [0.25, 0.3) is 27.6 Å². The van der Waals surface area contributed by atoms with Crippen LogP contribution in [0.3, 0.4) is 0 Å². The molecule has 4 rings (SSSR count). The van der Waals surface area contributed by atoms with Crippen molar-refractivity contribution in [3.8, 4) is 17.2 Å². The van der Waals surface area contributed by atoms with Gasteiger partial charge in [0.15, 0.2) is 16.7 Å². The molecule has 0 bridgehead atoms. The number of fused-ring (bicyclic) bond motifs is 3. The van der Waals surface area contributed by atoms with Crippen molar-refractivity contribution in [3.05, 3.63) is 52.8 Å². The second-order valence-electron chi connectivity index (χ2n) is 6.15. The van der Waals surface area contributed by atoms with Crippen LogP contribution in [0, 0.1) is 0 Å². The Bertz CT molecular complexity index is 1290. The zero-order chi connectivity index (χ0) is 20.5. The van der Waals surface area contributed by atoms with Crippen LogP contribution in [0.15, 0.2) is 52.4 Å². The number of rotatable bonds is 6. The van der Waals surface area contributed by atoms with E-state index in [4.69, 9.17) is 14.6 Å². The molecule has 29 heavy (non-hydrogen) atoms. The maximum absolute atomic E-state index is 13.4. The van der Waals surface area contributed by atoms with Crippen molar-refractivity contribution in [1.29, 1.82) is 0 Å². The third-order valence-electron chi connectivity index (χ3n) is 4.44. The maximum atomic E-state index is 13.4. The first-order chi connectivity index (χ1) is 14.0. The Balaban J connectivity index is 2.01. The van der Waals surface area contributed by atoms with Crippen LogP contribution in [0.2, 0.25) is 0 Å². The van der Waals surface area contributed by atoms with Gasteiger partial charge in [0.2, 0.25) is 0 Å². The highest BCUT2D eigenvalue weighted by molar-refractivity contribution is 7.99. The topological polar surface area (TPSA) is 106 Å². The summed E-state index contributed by atoms with van der Waals surface area (Å²) in [6.07, 6.45) is 0. The van der Waals surface area contributed by atoms with Gasteiger partial charge in [0.05, 0.1) is 25.7 Å². The Morgan fingerprint density at radius 2 is 1.93 bits per heavy atom. The van der Waals surface area contributed by atoms with Crippen molar-refractivity contribution in [3.63, 3.8) is 0 Å². The minimum atomic E-state index is -0.998. The molecule has 0 saturated heterocycles. The number of hydrogen-bond donors (Lipinski definition) is 2. The predicted octanol–water partition coefficient (Wildman–Crippen LogP) is 3.06. The van der Waals surface area contributed by atoms with Crippen LogP contribution in [-0.2, 0) is 4.79 Å². The van der Waals surface area contributed by atoms with Crippen molar-refractivity contribution in [1.82, 2.24) is 14.5 Å². The van der Waals surface area contributed by atoms with E-state index >= 15 is 0 Å². The van der Waals surface area contributed by atoms with E-state index in [9.17, 15) is 9.59 Å². The van der Waals surface area contributed by atoms with E-state index in [0.717, 1.165) is 22.7 Å². The van der Waals surface area contributed by atoms with E-state index in [1.165, 1.54) is 18.8 Å². The average Bonchev–Trinajstić information content (AvgIpc) is 3.11. The number of hydrogen-bond acceptors (Lipinski definition) is 6.